The number of hydrogen-bond donors (Lipinski definition) is 2. The average Bonchev–Trinajstić information content (AvgIpc) is 2.58. The van der Waals surface area contributed by atoms with Crippen LogP contribution in [0, 0.1) is 13.8 Å². The molecule has 0 radical (unpaired) electrons. The summed E-state index contributed by atoms with van der Waals surface area (Å²) in [5, 5.41) is 10.2. The second-order valence-electron chi connectivity index (χ2n) is 4.96. The van der Waals surface area contributed by atoms with Gasteiger partial charge in [-0.1, -0.05) is 5.16 Å². The van der Waals surface area contributed by atoms with E-state index in [1.165, 1.54) is 0 Å². The number of amides is 1. The van der Waals surface area contributed by atoms with Crippen molar-refractivity contribution >= 4 is 5.91 Å². The fraction of sp³-hybridized carbons (Fsp3) is 0.667. The summed E-state index contributed by atoms with van der Waals surface area (Å²) in [7, 11) is 0. The third-order valence-electron chi connectivity index (χ3n) is 3.38. The van der Waals surface area contributed by atoms with Gasteiger partial charge in [-0.3, -0.25) is 4.79 Å². The molecule has 1 amide bonds. The molecule has 1 saturated heterocycles. The molecule has 0 aliphatic carbocycles. The van der Waals surface area contributed by atoms with Crippen molar-refractivity contribution < 1.29 is 9.32 Å². The zero-order valence-electron chi connectivity index (χ0n) is 10.6. The Hall–Kier alpha value is -1.36. The Morgan fingerprint density at radius 3 is 2.59 bits per heavy atom. The zero-order chi connectivity index (χ0) is 12.5. The fourth-order valence-electron chi connectivity index (χ4n) is 2.25. The van der Waals surface area contributed by atoms with Crippen LogP contribution < -0.4 is 10.6 Å². The van der Waals surface area contributed by atoms with Gasteiger partial charge in [0.05, 0.1) is 5.69 Å². The lowest BCUT2D eigenvalue weighted by atomic mass is 9.90. The van der Waals surface area contributed by atoms with Gasteiger partial charge in [0, 0.05) is 5.54 Å². The zero-order valence-corrected chi connectivity index (χ0v) is 10.6. The third kappa shape index (κ3) is 2.49. The van der Waals surface area contributed by atoms with Crippen LogP contribution in [-0.4, -0.2) is 29.7 Å². The standard InChI is InChI=1S/C12H19N3O2/c1-8-10(9(2)17-15-8)11(16)14-12(3)4-6-13-7-5-12/h13H,4-7H2,1-3H3,(H,14,16). The molecule has 5 nitrogen and oxygen atoms in total. The van der Waals surface area contributed by atoms with Crippen molar-refractivity contribution in [1.82, 2.24) is 15.8 Å². The molecule has 0 atom stereocenters. The minimum absolute atomic E-state index is 0.0781. The number of nitrogens with one attached hydrogen (secondary N) is 2. The molecule has 1 aromatic rings. The highest BCUT2D eigenvalue weighted by Gasteiger charge is 2.30. The monoisotopic (exact) mass is 237 g/mol. The Balaban J connectivity index is 2.11. The normalized spacial score (nSPS) is 19.0. The quantitative estimate of drug-likeness (QED) is 0.810. The molecule has 0 spiro atoms. The van der Waals surface area contributed by atoms with Gasteiger partial charge in [-0.2, -0.15) is 0 Å². The summed E-state index contributed by atoms with van der Waals surface area (Å²) in [5.74, 6) is 0.503. The highest BCUT2D eigenvalue weighted by Crippen LogP contribution is 2.19. The summed E-state index contributed by atoms with van der Waals surface area (Å²) >= 11 is 0. The Morgan fingerprint density at radius 1 is 1.41 bits per heavy atom. The van der Waals surface area contributed by atoms with Crippen LogP contribution >= 0.6 is 0 Å². The highest BCUT2D eigenvalue weighted by atomic mass is 16.5. The molecule has 0 bridgehead atoms. The lowest BCUT2D eigenvalue weighted by Crippen LogP contribution is -2.52. The molecule has 94 valence electrons. The topological polar surface area (TPSA) is 67.2 Å². The predicted molar refractivity (Wildman–Crippen MR) is 64.0 cm³/mol. The van der Waals surface area contributed by atoms with Gasteiger partial charge in [0.25, 0.3) is 5.91 Å². The lowest BCUT2D eigenvalue weighted by molar-refractivity contribution is 0.0885. The minimum atomic E-state index is -0.127. The highest BCUT2D eigenvalue weighted by molar-refractivity contribution is 5.96. The van der Waals surface area contributed by atoms with E-state index in [4.69, 9.17) is 4.52 Å². The summed E-state index contributed by atoms with van der Waals surface area (Å²) < 4.78 is 5.02. The van der Waals surface area contributed by atoms with Crippen molar-refractivity contribution in [3.63, 3.8) is 0 Å². The Bertz CT molecular complexity index is 400. The van der Waals surface area contributed by atoms with Crippen LogP contribution in [0.5, 0.6) is 0 Å². The van der Waals surface area contributed by atoms with Gasteiger partial charge in [0.15, 0.2) is 0 Å². The Labute approximate surface area is 101 Å². The number of hydrogen-bond acceptors (Lipinski definition) is 4. The van der Waals surface area contributed by atoms with E-state index in [1.807, 2.05) is 0 Å². The van der Waals surface area contributed by atoms with Crippen LogP contribution in [0.2, 0.25) is 0 Å². The van der Waals surface area contributed by atoms with E-state index in [1.54, 1.807) is 13.8 Å². The van der Waals surface area contributed by atoms with Crippen molar-refractivity contribution in [2.45, 2.75) is 39.2 Å². The predicted octanol–water partition coefficient (Wildman–Crippen LogP) is 1.16. The first kappa shape index (κ1) is 12.1. The number of aryl methyl sites for hydroxylation is 2. The van der Waals surface area contributed by atoms with Crippen LogP contribution in [0.4, 0.5) is 0 Å². The summed E-state index contributed by atoms with van der Waals surface area (Å²) in [4.78, 5) is 12.2. The van der Waals surface area contributed by atoms with Gasteiger partial charge in [-0.15, -0.1) is 0 Å². The molecule has 0 unspecified atom stereocenters. The van der Waals surface area contributed by atoms with E-state index in [-0.39, 0.29) is 11.4 Å². The van der Waals surface area contributed by atoms with E-state index in [2.05, 4.69) is 22.7 Å². The molecule has 17 heavy (non-hydrogen) atoms. The SMILES string of the molecule is Cc1noc(C)c1C(=O)NC1(C)CCNCC1. The molecule has 0 saturated carbocycles. The van der Waals surface area contributed by atoms with E-state index in [0.29, 0.717) is 17.0 Å². The van der Waals surface area contributed by atoms with E-state index in [0.717, 1.165) is 25.9 Å². The van der Waals surface area contributed by atoms with Gasteiger partial charge >= 0.3 is 0 Å². The van der Waals surface area contributed by atoms with E-state index in [9.17, 15) is 4.79 Å². The maximum atomic E-state index is 12.2. The van der Waals surface area contributed by atoms with Crippen molar-refractivity contribution in [2.75, 3.05) is 13.1 Å². The van der Waals surface area contributed by atoms with Crippen LogP contribution in [0.25, 0.3) is 0 Å². The number of aromatic nitrogens is 1. The van der Waals surface area contributed by atoms with Crippen molar-refractivity contribution in [3.05, 3.63) is 17.0 Å². The maximum Gasteiger partial charge on any atom is 0.257 e. The second kappa shape index (κ2) is 4.49. The molecular weight excluding hydrogens is 218 g/mol. The molecular formula is C12H19N3O2. The van der Waals surface area contributed by atoms with Gasteiger partial charge in [-0.05, 0) is 46.7 Å². The van der Waals surface area contributed by atoms with Gasteiger partial charge < -0.3 is 15.2 Å². The van der Waals surface area contributed by atoms with Gasteiger partial charge in [0.2, 0.25) is 0 Å². The maximum absolute atomic E-state index is 12.2. The largest absolute Gasteiger partial charge is 0.361 e. The average molecular weight is 237 g/mol. The smallest absolute Gasteiger partial charge is 0.257 e. The Kier molecular flexibility index (Phi) is 3.19. The first-order valence-electron chi connectivity index (χ1n) is 5.98. The first-order chi connectivity index (χ1) is 8.02. The molecule has 1 aliphatic rings. The number of carbonyl (C=O) groups excluding carboxylic acids is 1. The summed E-state index contributed by atoms with van der Waals surface area (Å²) in [5.41, 5.74) is 1.10. The minimum Gasteiger partial charge on any atom is -0.361 e. The summed E-state index contributed by atoms with van der Waals surface area (Å²) in [6.07, 6.45) is 1.89. The molecule has 0 aromatic carbocycles. The Morgan fingerprint density at radius 2 is 2.06 bits per heavy atom. The molecule has 2 heterocycles. The van der Waals surface area contributed by atoms with Crippen LogP contribution in [0.3, 0.4) is 0 Å². The first-order valence-corrected chi connectivity index (χ1v) is 5.98. The summed E-state index contributed by atoms with van der Waals surface area (Å²) in [6.45, 7) is 7.52. The lowest BCUT2D eigenvalue weighted by Gasteiger charge is -2.34. The van der Waals surface area contributed by atoms with Crippen LogP contribution in [0.15, 0.2) is 4.52 Å². The molecule has 5 heteroatoms. The van der Waals surface area contributed by atoms with Gasteiger partial charge in [-0.25, -0.2) is 0 Å². The van der Waals surface area contributed by atoms with Gasteiger partial charge in [0.1, 0.15) is 11.3 Å². The number of nitrogens with zero attached hydrogens (tertiary/aromatic N) is 1. The van der Waals surface area contributed by atoms with E-state index >= 15 is 0 Å². The fourth-order valence-corrected chi connectivity index (χ4v) is 2.25. The number of rotatable bonds is 2. The van der Waals surface area contributed by atoms with E-state index < -0.39 is 0 Å². The number of carbonyl (C=O) groups is 1. The third-order valence-corrected chi connectivity index (χ3v) is 3.38. The van der Waals surface area contributed by atoms with Crippen molar-refractivity contribution in [3.8, 4) is 0 Å². The second-order valence-corrected chi connectivity index (χ2v) is 4.96. The van der Waals surface area contributed by atoms with Crippen LogP contribution in [0.1, 0.15) is 41.6 Å². The molecule has 1 aromatic heterocycles. The van der Waals surface area contributed by atoms with Crippen molar-refractivity contribution in [1.29, 1.82) is 0 Å². The molecule has 2 rings (SSSR count). The molecule has 2 N–H and O–H groups in total. The molecule has 1 fully saturated rings. The van der Waals surface area contributed by atoms with Crippen molar-refractivity contribution in [2.24, 2.45) is 0 Å². The number of piperidine rings is 1. The summed E-state index contributed by atoms with van der Waals surface area (Å²) in [6, 6.07) is 0. The molecule has 1 aliphatic heterocycles. The van der Waals surface area contributed by atoms with Crippen LogP contribution in [-0.2, 0) is 0 Å².